The van der Waals surface area contributed by atoms with Crippen LogP contribution >= 0.6 is 12.4 Å². The van der Waals surface area contributed by atoms with Crippen LogP contribution in [-0.4, -0.2) is 29.9 Å². The van der Waals surface area contributed by atoms with Gasteiger partial charge >= 0.3 is 0 Å². The van der Waals surface area contributed by atoms with Crippen LogP contribution in [0, 0.1) is 0 Å². The van der Waals surface area contributed by atoms with E-state index in [1.54, 1.807) is 4.90 Å². The molecule has 12 heavy (non-hydrogen) atoms. The van der Waals surface area contributed by atoms with Crippen LogP contribution in [0.15, 0.2) is 12.7 Å². The standard InChI is InChI=1S/C8H14N2O.ClH/c1-2-8(11)10-5-3-7(9)4-6-10;/h2,7H,1,3-6,9H2;1H. The Hall–Kier alpha value is -0.540. The largest absolute Gasteiger partial charge is 0.339 e. The number of piperidine rings is 1. The van der Waals surface area contributed by atoms with Gasteiger partial charge in [-0.1, -0.05) is 6.58 Å². The normalized spacial score (nSPS) is 18.2. The third kappa shape index (κ3) is 2.83. The average Bonchev–Trinajstić information content (AvgIpc) is 2.05. The number of halogens is 1. The molecule has 0 spiro atoms. The summed E-state index contributed by atoms with van der Waals surface area (Å²) in [5.74, 6) is 0.0249. The van der Waals surface area contributed by atoms with Crippen LogP contribution < -0.4 is 5.73 Å². The van der Waals surface area contributed by atoms with Gasteiger partial charge in [0.25, 0.3) is 0 Å². The number of nitrogens with zero attached hydrogens (tertiary/aromatic N) is 1. The van der Waals surface area contributed by atoms with E-state index in [-0.39, 0.29) is 24.4 Å². The van der Waals surface area contributed by atoms with Gasteiger partial charge in [-0.05, 0) is 18.9 Å². The van der Waals surface area contributed by atoms with Crippen molar-refractivity contribution in [1.29, 1.82) is 0 Å². The first-order valence-electron chi connectivity index (χ1n) is 3.91. The van der Waals surface area contributed by atoms with Gasteiger partial charge < -0.3 is 10.6 Å². The van der Waals surface area contributed by atoms with E-state index in [0.29, 0.717) is 0 Å². The van der Waals surface area contributed by atoms with Gasteiger partial charge in [0.2, 0.25) is 5.91 Å². The van der Waals surface area contributed by atoms with Gasteiger partial charge in [0.15, 0.2) is 0 Å². The lowest BCUT2D eigenvalue weighted by atomic mass is 10.1. The first-order chi connectivity index (χ1) is 5.24. The summed E-state index contributed by atoms with van der Waals surface area (Å²) in [7, 11) is 0. The predicted molar refractivity (Wildman–Crippen MR) is 51.2 cm³/mol. The number of likely N-dealkylation sites (tertiary alicyclic amines) is 1. The summed E-state index contributed by atoms with van der Waals surface area (Å²) in [6.45, 7) is 5.00. The van der Waals surface area contributed by atoms with Crippen molar-refractivity contribution in [2.24, 2.45) is 5.73 Å². The molecule has 1 aliphatic rings. The number of carbonyl (C=O) groups excluding carboxylic acids is 1. The zero-order valence-electron chi connectivity index (χ0n) is 7.03. The third-order valence-corrected chi connectivity index (χ3v) is 2.03. The van der Waals surface area contributed by atoms with E-state index in [0.717, 1.165) is 25.9 Å². The van der Waals surface area contributed by atoms with Gasteiger partial charge in [-0.2, -0.15) is 0 Å². The Morgan fingerprint density at radius 3 is 2.42 bits per heavy atom. The maximum absolute atomic E-state index is 11.0. The second kappa shape index (κ2) is 5.17. The zero-order valence-corrected chi connectivity index (χ0v) is 7.85. The topological polar surface area (TPSA) is 46.3 Å². The molecular weight excluding hydrogens is 176 g/mol. The molecule has 0 unspecified atom stereocenters. The second-order valence-electron chi connectivity index (χ2n) is 2.87. The van der Waals surface area contributed by atoms with Crippen molar-refractivity contribution in [2.45, 2.75) is 18.9 Å². The van der Waals surface area contributed by atoms with E-state index in [1.165, 1.54) is 6.08 Å². The molecule has 1 saturated heterocycles. The molecule has 2 N–H and O–H groups in total. The van der Waals surface area contributed by atoms with Crippen LogP contribution in [0.5, 0.6) is 0 Å². The SMILES string of the molecule is C=CC(=O)N1CCC(N)CC1.Cl. The van der Waals surface area contributed by atoms with E-state index in [9.17, 15) is 4.79 Å². The maximum atomic E-state index is 11.0. The maximum Gasteiger partial charge on any atom is 0.245 e. The molecule has 1 rings (SSSR count). The molecule has 3 nitrogen and oxygen atoms in total. The predicted octanol–water partition coefficient (Wildman–Crippen LogP) is 0.544. The summed E-state index contributed by atoms with van der Waals surface area (Å²) in [4.78, 5) is 12.8. The molecule has 1 amide bonds. The molecule has 1 fully saturated rings. The van der Waals surface area contributed by atoms with Crippen molar-refractivity contribution in [1.82, 2.24) is 4.90 Å². The fourth-order valence-electron chi connectivity index (χ4n) is 1.25. The van der Waals surface area contributed by atoms with Crippen molar-refractivity contribution in [2.75, 3.05) is 13.1 Å². The van der Waals surface area contributed by atoms with E-state index in [1.807, 2.05) is 0 Å². The third-order valence-electron chi connectivity index (χ3n) is 2.03. The van der Waals surface area contributed by atoms with Gasteiger partial charge in [-0.3, -0.25) is 4.79 Å². The summed E-state index contributed by atoms with van der Waals surface area (Å²) in [5.41, 5.74) is 5.67. The first kappa shape index (κ1) is 11.5. The van der Waals surface area contributed by atoms with E-state index in [4.69, 9.17) is 5.73 Å². The molecule has 0 saturated carbocycles. The summed E-state index contributed by atoms with van der Waals surface area (Å²) in [6, 6.07) is 0.281. The monoisotopic (exact) mass is 190 g/mol. The lowest BCUT2D eigenvalue weighted by Crippen LogP contribution is -2.42. The lowest BCUT2D eigenvalue weighted by molar-refractivity contribution is -0.126. The highest BCUT2D eigenvalue weighted by Gasteiger charge is 2.17. The van der Waals surface area contributed by atoms with Crippen LogP contribution in [0.3, 0.4) is 0 Å². The molecule has 0 aromatic carbocycles. The van der Waals surface area contributed by atoms with Gasteiger partial charge in [0.05, 0.1) is 0 Å². The van der Waals surface area contributed by atoms with Crippen molar-refractivity contribution in [3.05, 3.63) is 12.7 Å². The Bertz CT molecular complexity index is 164. The van der Waals surface area contributed by atoms with E-state index >= 15 is 0 Å². The number of nitrogens with two attached hydrogens (primary N) is 1. The molecule has 70 valence electrons. The molecule has 0 radical (unpaired) electrons. The lowest BCUT2D eigenvalue weighted by Gasteiger charge is -2.29. The van der Waals surface area contributed by atoms with E-state index < -0.39 is 0 Å². The summed E-state index contributed by atoms with van der Waals surface area (Å²) in [6.07, 6.45) is 3.19. The summed E-state index contributed by atoms with van der Waals surface area (Å²) in [5, 5.41) is 0. The molecule has 0 bridgehead atoms. The van der Waals surface area contributed by atoms with Crippen LogP contribution in [0.25, 0.3) is 0 Å². The van der Waals surface area contributed by atoms with Gasteiger partial charge in [-0.15, -0.1) is 12.4 Å². The Morgan fingerprint density at radius 2 is 2.00 bits per heavy atom. The summed E-state index contributed by atoms with van der Waals surface area (Å²) >= 11 is 0. The molecule has 1 aliphatic heterocycles. The number of hydrogen-bond acceptors (Lipinski definition) is 2. The highest BCUT2D eigenvalue weighted by Crippen LogP contribution is 2.07. The zero-order chi connectivity index (χ0) is 8.27. The van der Waals surface area contributed by atoms with Crippen LogP contribution in [0.1, 0.15) is 12.8 Å². The Balaban J connectivity index is 0.00000121. The molecule has 0 atom stereocenters. The van der Waals surface area contributed by atoms with Gasteiger partial charge in [0.1, 0.15) is 0 Å². The number of carbonyl (C=O) groups is 1. The minimum atomic E-state index is 0. The Kier molecular flexibility index (Phi) is 4.93. The van der Waals surface area contributed by atoms with Crippen LogP contribution in [-0.2, 0) is 4.79 Å². The van der Waals surface area contributed by atoms with Crippen molar-refractivity contribution in [3.8, 4) is 0 Å². The smallest absolute Gasteiger partial charge is 0.245 e. The fourth-order valence-corrected chi connectivity index (χ4v) is 1.25. The second-order valence-corrected chi connectivity index (χ2v) is 2.87. The molecular formula is C8H15ClN2O. The van der Waals surface area contributed by atoms with Crippen molar-refractivity contribution in [3.63, 3.8) is 0 Å². The average molecular weight is 191 g/mol. The molecule has 0 aliphatic carbocycles. The van der Waals surface area contributed by atoms with Crippen LogP contribution in [0.2, 0.25) is 0 Å². The quantitative estimate of drug-likeness (QED) is 0.614. The fraction of sp³-hybridized carbons (Fsp3) is 0.625. The molecule has 0 aromatic rings. The van der Waals surface area contributed by atoms with Gasteiger partial charge in [0, 0.05) is 19.1 Å². The minimum Gasteiger partial charge on any atom is -0.339 e. The van der Waals surface area contributed by atoms with Crippen molar-refractivity contribution < 1.29 is 4.79 Å². The highest BCUT2D eigenvalue weighted by molar-refractivity contribution is 5.87. The molecule has 0 aromatic heterocycles. The van der Waals surface area contributed by atoms with Crippen LogP contribution in [0.4, 0.5) is 0 Å². The minimum absolute atomic E-state index is 0. The Morgan fingerprint density at radius 1 is 1.50 bits per heavy atom. The molecule has 1 heterocycles. The molecule has 4 heteroatoms. The highest BCUT2D eigenvalue weighted by atomic mass is 35.5. The number of amides is 1. The number of rotatable bonds is 1. The van der Waals surface area contributed by atoms with E-state index in [2.05, 4.69) is 6.58 Å². The summed E-state index contributed by atoms with van der Waals surface area (Å²) < 4.78 is 0. The van der Waals surface area contributed by atoms with Gasteiger partial charge in [-0.25, -0.2) is 0 Å². The Labute approximate surface area is 79.0 Å². The first-order valence-corrected chi connectivity index (χ1v) is 3.91. The van der Waals surface area contributed by atoms with Crippen molar-refractivity contribution >= 4 is 18.3 Å². The number of hydrogen-bond donors (Lipinski definition) is 1.